The first-order chi connectivity index (χ1) is 8.13. The number of hydrogen-bond acceptors (Lipinski definition) is 2. The van der Waals surface area contributed by atoms with Crippen molar-refractivity contribution in [1.29, 1.82) is 0 Å². The van der Waals surface area contributed by atoms with Crippen LogP contribution in [0.1, 0.15) is 37.4 Å². The van der Waals surface area contributed by atoms with Crippen LogP contribution >= 0.6 is 0 Å². The van der Waals surface area contributed by atoms with Crippen molar-refractivity contribution in [3.8, 4) is 0 Å². The van der Waals surface area contributed by atoms with Gasteiger partial charge in [0.05, 0.1) is 12.1 Å². The van der Waals surface area contributed by atoms with Gasteiger partial charge in [0, 0.05) is 12.7 Å². The van der Waals surface area contributed by atoms with E-state index in [9.17, 15) is 4.39 Å². The summed E-state index contributed by atoms with van der Waals surface area (Å²) in [6, 6.07) is 5.12. The average molecular weight is 239 g/mol. The van der Waals surface area contributed by atoms with Crippen molar-refractivity contribution in [2.45, 2.75) is 39.3 Å². The summed E-state index contributed by atoms with van der Waals surface area (Å²) in [4.78, 5) is 0. The molecule has 2 atom stereocenters. The second-order valence-corrected chi connectivity index (χ2v) is 4.24. The number of ether oxygens (including phenoxy) is 1. The van der Waals surface area contributed by atoms with E-state index in [2.05, 4.69) is 5.32 Å². The molecule has 96 valence electrons. The molecule has 0 fully saturated rings. The summed E-state index contributed by atoms with van der Waals surface area (Å²) >= 11 is 0. The zero-order valence-electron chi connectivity index (χ0n) is 11.1. The van der Waals surface area contributed by atoms with Crippen LogP contribution in [0.15, 0.2) is 18.2 Å². The van der Waals surface area contributed by atoms with Crippen LogP contribution < -0.4 is 5.32 Å². The standard InChI is InChI=1S/C14H22FNO/c1-5-13(17-4)14(16-6-2)11-9-10(3)7-8-12(11)15/h7-9,13-14,16H,5-6H2,1-4H3. The smallest absolute Gasteiger partial charge is 0.128 e. The molecule has 17 heavy (non-hydrogen) atoms. The van der Waals surface area contributed by atoms with E-state index < -0.39 is 0 Å². The van der Waals surface area contributed by atoms with Crippen LogP contribution in [-0.2, 0) is 4.74 Å². The number of aryl methyl sites for hydroxylation is 1. The summed E-state index contributed by atoms with van der Waals surface area (Å²) in [5.41, 5.74) is 1.76. The lowest BCUT2D eigenvalue weighted by atomic mass is 9.97. The van der Waals surface area contributed by atoms with Crippen LogP contribution in [0.5, 0.6) is 0 Å². The molecule has 0 aliphatic rings. The lowest BCUT2D eigenvalue weighted by molar-refractivity contribution is 0.0644. The van der Waals surface area contributed by atoms with E-state index in [4.69, 9.17) is 4.74 Å². The molecule has 3 heteroatoms. The highest BCUT2D eigenvalue weighted by molar-refractivity contribution is 5.27. The van der Waals surface area contributed by atoms with Gasteiger partial charge < -0.3 is 10.1 Å². The third-order valence-corrected chi connectivity index (χ3v) is 2.99. The lowest BCUT2D eigenvalue weighted by Crippen LogP contribution is -2.33. The highest BCUT2D eigenvalue weighted by Gasteiger charge is 2.23. The molecule has 0 radical (unpaired) electrons. The second kappa shape index (κ2) is 6.72. The highest BCUT2D eigenvalue weighted by Crippen LogP contribution is 2.24. The van der Waals surface area contributed by atoms with Gasteiger partial charge in [-0.05, 0) is 26.0 Å². The maximum Gasteiger partial charge on any atom is 0.128 e. The number of methoxy groups -OCH3 is 1. The van der Waals surface area contributed by atoms with Crippen LogP contribution in [-0.4, -0.2) is 19.8 Å². The van der Waals surface area contributed by atoms with Gasteiger partial charge in [-0.1, -0.05) is 31.5 Å². The van der Waals surface area contributed by atoms with E-state index >= 15 is 0 Å². The molecular formula is C14H22FNO. The largest absolute Gasteiger partial charge is 0.379 e. The summed E-state index contributed by atoms with van der Waals surface area (Å²) in [7, 11) is 1.67. The molecule has 1 aromatic rings. The Kier molecular flexibility index (Phi) is 5.59. The zero-order valence-corrected chi connectivity index (χ0v) is 11.1. The van der Waals surface area contributed by atoms with Gasteiger partial charge in [0.15, 0.2) is 0 Å². The first kappa shape index (κ1) is 14.1. The molecule has 0 aliphatic heterocycles. The van der Waals surface area contributed by atoms with Crippen LogP contribution in [0.25, 0.3) is 0 Å². The van der Waals surface area contributed by atoms with Gasteiger partial charge in [0.1, 0.15) is 5.82 Å². The first-order valence-corrected chi connectivity index (χ1v) is 6.16. The van der Waals surface area contributed by atoms with Gasteiger partial charge in [0.25, 0.3) is 0 Å². The third-order valence-electron chi connectivity index (χ3n) is 2.99. The van der Waals surface area contributed by atoms with Gasteiger partial charge in [-0.15, -0.1) is 0 Å². The zero-order chi connectivity index (χ0) is 12.8. The normalized spacial score (nSPS) is 14.6. The van der Waals surface area contributed by atoms with Crippen molar-refractivity contribution in [1.82, 2.24) is 5.32 Å². The Morgan fingerprint density at radius 1 is 1.35 bits per heavy atom. The van der Waals surface area contributed by atoms with E-state index in [0.29, 0.717) is 5.56 Å². The second-order valence-electron chi connectivity index (χ2n) is 4.24. The number of rotatable bonds is 6. The van der Waals surface area contributed by atoms with E-state index in [0.717, 1.165) is 18.5 Å². The average Bonchev–Trinajstić information content (AvgIpc) is 2.33. The van der Waals surface area contributed by atoms with E-state index in [1.54, 1.807) is 13.2 Å². The molecule has 1 aromatic carbocycles. The van der Waals surface area contributed by atoms with Crippen molar-refractivity contribution in [3.63, 3.8) is 0 Å². The lowest BCUT2D eigenvalue weighted by Gasteiger charge is -2.26. The predicted molar refractivity (Wildman–Crippen MR) is 68.6 cm³/mol. The molecule has 1 N–H and O–H groups in total. The molecular weight excluding hydrogens is 217 g/mol. The van der Waals surface area contributed by atoms with Gasteiger partial charge >= 0.3 is 0 Å². The molecule has 2 unspecified atom stereocenters. The van der Waals surface area contributed by atoms with Crippen molar-refractivity contribution in [3.05, 3.63) is 35.1 Å². The fourth-order valence-corrected chi connectivity index (χ4v) is 2.10. The van der Waals surface area contributed by atoms with Crippen LogP contribution in [0, 0.1) is 12.7 Å². The Morgan fingerprint density at radius 3 is 2.59 bits per heavy atom. The Labute approximate surface area is 103 Å². The first-order valence-electron chi connectivity index (χ1n) is 6.16. The summed E-state index contributed by atoms with van der Waals surface area (Å²) in [5, 5.41) is 3.30. The minimum absolute atomic E-state index is 0.00810. The number of halogens is 1. The predicted octanol–water partition coefficient (Wildman–Crippen LogP) is 3.21. The summed E-state index contributed by atoms with van der Waals surface area (Å²) in [5.74, 6) is -0.169. The molecule has 0 amide bonds. The molecule has 0 saturated carbocycles. The maximum atomic E-state index is 13.9. The molecule has 2 nitrogen and oxygen atoms in total. The van der Waals surface area contributed by atoms with Gasteiger partial charge in [-0.2, -0.15) is 0 Å². The monoisotopic (exact) mass is 239 g/mol. The summed E-state index contributed by atoms with van der Waals surface area (Å²) in [6.45, 7) is 6.83. The Hall–Kier alpha value is -0.930. The van der Waals surface area contributed by atoms with E-state index in [1.807, 2.05) is 26.8 Å². The highest BCUT2D eigenvalue weighted by atomic mass is 19.1. The maximum absolute atomic E-state index is 13.9. The fourth-order valence-electron chi connectivity index (χ4n) is 2.10. The number of nitrogens with one attached hydrogen (secondary N) is 1. The molecule has 0 bridgehead atoms. The molecule has 0 spiro atoms. The fraction of sp³-hybridized carbons (Fsp3) is 0.571. The Bertz CT molecular complexity index is 350. The SMILES string of the molecule is CCNC(c1cc(C)ccc1F)C(CC)OC. The van der Waals surface area contributed by atoms with Crippen LogP contribution in [0.2, 0.25) is 0 Å². The van der Waals surface area contributed by atoms with Crippen molar-refractivity contribution in [2.75, 3.05) is 13.7 Å². The van der Waals surface area contributed by atoms with E-state index in [-0.39, 0.29) is 18.0 Å². The van der Waals surface area contributed by atoms with E-state index in [1.165, 1.54) is 6.07 Å². The van der Waals surface area contributed by atoms with Gasteiger partial charge in [-0.25, -0.2) is 4.39 Å². The summed E-state index contributed by atoms with van der Waals surface area (Å²) in [6.07, 6.45) is 0.841. The van der Waals surface area contributed by atoms with Crippen LogP contribution in [0.3, 0.4) is 0 Å². The number of hydrogen-bond donors (Lipinski definition) is 1. The van der Waals surface area contributed by atoms with Crippen LogP contribution in [0.4, 0.5) is 4.39 Å². The molecule has 0 saturated heterocycles. The Morgan fingerprint density at radius 2 is 2.06 bits per heavy atom. The number of benzene rings is 1. The quantitative estimate of drug-likeness (QED) is 0.823. The van der Waals surface area contributed by atoms with Gasteiger partial charge in [-0.3, -0.25) is 0 Å². The topological polar surface area (TPSA) is 21.3 Å². The third kappa shape index (κ3) is 3.51. The number of likely N-dealkylation sites (N-methyl/N-ethyl adjacent to an activating group) is 1. The Balaban J connectivity index is 3.07. The van der Waals surface area contributed by atoms with Crippen molar-refractivity contribution < 1.29 is 9.13 Å². The minimum atomic E-state index is -0.169. The molecule has 0 heterocycles. The molecule has 1 rings (SSSR count). The summed E-state index contributed by atoms with van der Waals surface area (Å²) < 4.78 is 19.3. The van der Waals surface area contributed by atoms with Crippen molar-refractivity contribution in [2.24, 2.45) is 0 Å². The molecule has 0 aliphatic carbocycles. The minimum Gasteiger partial charge on any atom is -0.379 e. The van der Waals surface area contributed by atoms with Gasteiger partial charge in [0.2, 0.25) is 0 Å². The van der Waals surface area contributed by atoms with Crippen molar-refractivity contribution >= 4 is 0 Å². The molecule has 0 aromatic heterocycles.